The minimum atomic E-state index is 0.199. The smallest absolute Gasteiger partial charge is 0.230 e. The minimum absolute atomic E-state index is 0.199. The van der Waals surface area contributed by atoms with Gasteiger partial charge >= 0.3 is 0 Å². The standard InChI is InChI=1S/C14H17Cl2N3O/c1-3-17-8-9(2)14-18-13(19-20-14)7-10-4-5-11(15)12(16)6-10/h4-6,9,17H,3,7-8H2,1-2H3. The van der Waals surface area contributed by atoms with Crippen molar-refractivity contribution in [2.75, 3.05) is 13.1 Å². The number of benzene rings is 1. The lowest BCUT2D eigenvalue weighted by molar-refractivity contribution is 0.352. The molecule has 1 aromatic carbocycles. The molecule has 108 valence electrons. The van der Waals surface area contributed by atoms with E-state index in [1.807, 2.05) is 12.1 Å². The first kappa shape index (κ1) is 15.3. The molecule has 2 aromatic rings. The number of hydrogen-bond donors (Lipinski definition) is 1. The summed E-state index contributed by atoms with van der Waals surface area (Å²) in [5.41, 5.74) is 1.01. The second-order valence-corrected chi connectivity index (χ2v) is 5.50. The van der Waals surface area contributed by atoms with Gasteiger partial charge in [0.05, 0.1) is 10.0 Å². The van der Waals surface area contributed by atoms with Gasteiger partial charge in [0.25, 0.3) is 0 Å². The van der Waals surface area contributed by atoms with Crippen LogP contribution in [0.4, 0.5) is 0 Å². The Morgan fingerprint density at radius 3 is 2.80 bits per heavy atom. The van der Waals surface area contributed by atoms with Crippen molar-refractivity contribution in [2.45, 2.75) is 26.2 Å². The quantitative estimate of drug-likeness (QED) is 0.883. The second-order valence-electron chi connectivity index (χ2n) is 4.68. The highest BCUT2D eigenvalue weighted by atomic mass is 35.5. The number of hydrogen-bond acceptors (Lipinski definition) is 4. The monoisotopic (exact) mass is 313 g/mol. The van der Waals surface area contributed by atoms with E-state index in [-0.39, 0.29) is 5.92 Å². The first-order chi connectivity index (χ1) is 9.60. The Kier molecular flexibility index (Phi) is 5.40. The molecule has 0 aliphatic heterocycles. The highest BCUT2D eigenvalue weighted by Crippen LogP contribution is 2.23. The molecule has 0 fully saturated rings. The van der Waals surface area contributed by atoms with E-state index in [2.05, 4.69) is 29.3 Å². The fourth-order valence-corrected chi connectivity index (χ4v) is 2.14. The van der Waals surface area contributed by atoms with Gasteiger partial charge in [0.2, 0.25) is 5.89 Å². The second kappa shape index (κ2) is 7.07. The molecular formula is C14H17Cl2N3O. The van der Waals surface area contributed by atoms with Crippen LogP contribution in [0.25, 0.3) is 0 Å². The van der Waals surface area contributed by atoms with E-state index in [4.69, 9.17) is 27.7 Å². The van der Waals surface area contributed by atoms with Crippen LogP contribution in [0.3, 0.4) is 0 Å². The molecule has 0 saturated carbocycles. The van der Waals surface area contributed by atoms with Crippen molar-refractivity contribution in [3.8, 4) is 0 Å². The van der Waals surface area contributed by atoms with Crippen LogP contribution in [0, 0.1) is 0 Å². The van der Waals surface area contributed by atoms with Gasteiger partial charge in [-0.2, -0.15) is 4.98 Å². The Morgan fingerprint density at radius 1 is 1.30 bits per heavy atom. The van der Waals surface area contributed by atoms with Gasteiger partial charge in [-0.1, -0.05) is 48.3 Å². The van der Waals surface area contributed by atoms with E-state index >= 15 is 0 Å². The molecule has 1 N–H and O–H groups in total. The lowest BCUT2D eigenvalue weighted by atomic mass is 10.1. The van der Waals surface area contributed by atoms with Gasteiger partial charge in [0.1, 0.15) is 0 Å². The molecule has 0 radical (unpaired) electrons. The van der Waals surface area contributed by atoms with Crippen molar-refractivity contribution in [3.63, 3.8) is 0 Å². The van der Waals surface area contributed by atoms with E-state index in [9.17, 15) is 0 Å². The Labute approximate surface area is 128 Å². The van der Waals surface area contributed by atoms with Crippen molar-refractivity contribution >= 4 is 23.2 Å². The molecular weight excluding hydrogens is 297 g/mol. The number of likely N-dealkylation sites (N-methyl/N-ethyl adjacent to an activating group) is 1. The van der Waals surface area contributed by atoms with Crippen LogP contribution >= 0.6 is 23.2 Å². The van der Waals surface area contributed by atoms with Gasteiger partial charge in [-0.3, -0.25) is 0 Å². The highest BCUT2D eigenvalue weighted by molar-refractivity contribution is 6.42. The largest absolute Gasteiger partial charge is 0.339 e. The van der Waals surface area contributed by atoms with E-state index in [0.29, 0.717) is 28.2 Å². The van der Waals surface area contributed by atoms with Crippen molar-refractivity contribution < 1.29 is 4.52 Å². The maximum atomic E-state index is 5.99. The molecule has 0 aliphatic rings. The van der Waals surface area contributed by atoms with Gasteiger partial charge in [0.15, 0.2) is 5.82 Å². The Hall–Kier alpha value is -1.10. The summed E-state index contributed by atoms with van der Waals surface area (Å²) < 4.78 is 5.29. The fourth-order valence-electron chi connectivity index (χ4n) is 1.82. The lowest BCUT2D eigenvalue weighted by Gasteiger charge is -2.05. The fraction of sp³-hybridized carbons (Fsp3) is 0.429. The molecule has 20 heavy (non-hydrogen) atoms. The Morgan fingerprint density at radius 2 is 2.10 bits per heavy atom. The number of halogens is 2. The summed E-state index contributed by atoms with van der Waals surface area (Å²) in [6, 6.07) is 5.50. The predicted molar refractivity (Wildman–Crippen MR) is 80.5 cm³/mol. The van der Waals surface area contributed by atoms with Crippen molar-refractivity contribution in [1.82, 2.24) is 15.5 Å². The molecule has 6 heteroatoms. The maximum Gasteiger partial charge on any atom is 0.230 e. The topological polar surface area (TPSA) is 51.0 Å². The summed E-state index contributed by atoms with van der Waals surface area (Å²) in [5, 5.41) is 8.34. The zero-order valence-corrected chi connectivity index (χ0v) is 13.0. The normalized spacial score (nSPS) is 12.6. The molecule has 0 aliphatic carbocycles. The van der Waals surface area contributed by atoms with Crippen LogP contribution in [0.1, 0.15) is 37.0 Å². The zero-order chi connectivity index (χ0) is 14.5. The van der Waals surface area contributed by atoms with Gasteiger partial charge in [-0.15, -0.1) is 0 Å². The van der Waals surface area contributed by atoms with Gasteiger partial charge in [0, 0.05) is 18.9 Å². The predicted octanol–water partition coefficient (Wildman–Crippen LogP) is 3.68. The molecule has 0 bridgehead atoms. The van der Waals surface area contributed by atoms with Crippen molar-refractivity contribution in [1.29, 1.82) is 0 Å². The third-order valence-electron chi connectivity index (χ3n) is 2.95. The third-order valence-corrected chi connectivity index (χ3v) is 3.69. The number of nitrogens with one attached hydrogen (secondary N) is 1. The number of nitrogens with zero attached hydrogens (tertiary/aromatic N) is 2. The summed E-state index contributed by atoms with van der Waals surface area (Å²) in [6.07, 6.45) is 0.578. The first-order valence-corrected chi connectivity index (χ1v) is 7.33. The number of rotatable bonds is 6. The Bertz CT molecular complexity index is 571. The summed E-state index contributed by atoms with van der Waals surface area (Å²) in [6.45, 7) is 5.87. The number of aromatic nitrogens is 2. The lowest BCUT2D eigenvalue weighted by Crippen LogP contribution is -2.19. The molecule has 1 aromatic heterocycles. The van der Waals surface area contributed by atoms with Crippen LogP contribution in [0.2, 0.25) is 10.0 Å². The van der Waals surface area contributed by atoms with Crippen LogP contribution in [-0.2, 0) is 6.42 Å². The molecule has 2 rings (SSSR count). The SMILES string of the molecule is CCNCC(C)c1nc(Cc2ccc(Cl)c(Cl)c2)no1. The molecule has 1 unspecified atom stereocenters. The third kappa shape index (κ3) is 3.95. The van der Waals surface area contributed by atoms with Gasteiger partial charge < -0.3 is 9.84 Å². The molecule has 0 spiro atoms. The van der Waals surface area contributed by atoms with Crippen LogP contribution in [0.5, 0.6) is 0 Å². The van der Waals surface area contributed by atoms with E-state index < -0.39 is 0 Å². The van der Waals surface area contributed by atoms with Crippen LogP contribution in [0.15, 0.2) is 22.7 Å². The average molecular weight is 314 g/mol. The van der Waals surface area contributed by atoms with E-state index in [1.165, 1.54) is 0 Å². The van der Waals surface area contributed by atoms with E-state index in [1.54, 1.807) is 6.07 Å². The first-order valence-electron chi connectivity index (χ1n) is 6.57. The van der Waals surface area contributed by atoms with Gasteiger partial charge in [-0.25, -0.2) is 0 Å². The molecule has 0 saturated heterocycles. The Balaban J connectivity index is 2.03. The van der Waals surface area contributed by atoms with Gasteiger partial charge in [-0.05, 0) is 24.2 Å². The summed E-state index contributed by atoms with van der Waals surface area (Å²) in [5.74, 6) is 1.51. The average Bonchev–Trinajstić information content (AvgIpc) is 2.89. The minimum Gasteiger partial charge on any atom is -0.339 e. The summed E-state index contributed by atoms with van der Waals surface area (Å²) in [4.78, 5) is 4.42. The molecule has 0 amide bonds. The molecule has 1 atom stereocenters. The maximum absolute atomic E-state index is 5.99. The van der Waals surface area contributed by atoms with E-state index in [0.717, 1.165) is 18.7 Å². The summed E-state index contributed by atoms with van der Waals surface area (Å²) >= 11 is 11.9. The molecule has 1 heterocycles. The highest BCUT2D eigenvalue weighted by Gasteiger charge is 2.14. The van der Waals surface area contributed by atoms with Crippen LogP contribution in [-0.4, -0.2) is 23.2 Å². The van der Waals surface area contributed by atoms with Crippen molar-refractivity contribution in [2.24, 2.45) is 0 Å². The zero-order valence-electron chi connectivity index (χ0n) is 11.5. The van der Waals surface area contributed by atoms with Crippen molar-refractivity contribution in [3.05, 3.63) is 45.5 Å². The summed E-state index contributed by atoms with van der Waals surface area (Å²) in [7, 11) is 0. The molecule has 4 nitrogen and oxygen atoms in total. The van der Waals surface area contributed by atoms with Crippen LogP contribution < -0.4 is 5.32 Å².